The van der Waals surface area contributed by atoms with Gasteiger partial charge in [-0.3, -0.25) is 0 Å². The van der Waals surface area contributed by atoms with Gasteiger partial charge in [-0.15, -0.1) is 6.42 Å². The number of carbonyl (C=O) groups excluding carboxylic acids is 1. The predicted molar refractivity (Wildman–Crippen MR) is 81.2 cm³/mol. The second-order valence-corrected chi connectivity index (χ2v) is 4.89. The van der Waals surface area contributed by atoms with E-state index in [4.69, 9.17) is 11.5 Å². The molecular weight excluding hydrogens is 359 g/mol. The van der Waals surface area contributed by atoms with E-state index in [9.17, 15) is 9.59 Å². The van der Waals surface area contributed by atoms with Gasteiger partial charge in [0.2, 0.25) is 0 Å². The second-order valence-electron chi connectivity index (χ2n) is 3.64. The number of aromatic carboxylic acids is 1. The molecule has 0 spiro atoms. The molecule has 0 aliphatic heterocycles. The first-order valence-electron chi connectivity index (χ1n) is 5.51. The number of halogens is 1. The van der Waals surface area contributed by atoms with Crippen LogP contribution in [0, 0.1) is 15.9 Å². The predicted octanol–water partition coefficient (Wildman–Crippen LogP) is 2.48. The summed E-state index contributed by atoms with van der Waals surface area (Å²) in [6.45, 7) is 2.42. The van der Waals surface area contributed by atoms with Crippen molar-refractivity contribution < 1.29 is 14.7 Å². The highest BCUT2D eigenvalue weighted by molar-refractivity contribution is 14.1. The Morgan fingerprint density at radius 3 is 2.74 bits per heavy atom. The van der Waals surface area contributed by atoms with Crippen molar-refractivity contribution in [2.75, 3.05) is 18.4 Å². The van der Waals surface area contributed by atoms with Crippen LogP contribution in [-0.4, -0.2) is 35.1 Å². The number of carbonyl (C=O) groups is 2. The third-order valence-corrected chi connectivity index (χ3v) is 3.08. The Bertz CT molecular complexity index is 537. The number of hydrogen-bond donors (Lipinski definition) is 2. The molecule has 19 heavy (non-hydrogen) atoms. The van der Waals surface area contributed by atoms with Gasteiger partial charge in [0, 0.05) is 10.1 Å². The summed E-state index contributed by atoms with van der Waals surface area (Å²) in [6, 6.07) is 4.37. The largest absolute Gasteiger partial charge is 0.478 e. The number of hydrogen-bond acceptors (Lipinski definition) is 2. The highest BCUT2D eigenvalue weighted by atomic mass is 127. The molecule has 100 valence electrons. The summed E-state index contributed by atoms with van der Waals surface area (Å²) in [5.74, 6) is 1.29. The average Bonchev–Trinajstić information content (AvgIpc) is 2.37. The fourth-order valence-corrected chi connectivity index (χ4v) is 1.93. The Hall–Kier alpha value is -1.75. The molecule has 0 atom stereocenters. The van der Waals surface area contributed by atoms with Crippen molar-refractivity contribution in [2.24, 2.45) is 0 Å². The van der Waals surface area contributed by atoms with Gasteiger partial charge >= 0.3 is 12.0 Å². The van der Waals surface area contributed by atoms with Gasteiger partial charge in [-0.2, -0.15) is 0 Å². The lowest BCUT2D eigenvalue weighted by Crippen LogP contribution is -2.35. The van der Waals surface area contributed by atoms with Gasteiger partial charge in [-0.25, -0.2) is 9.59 Å². The maximum Gasteiger partial charge on any atom is 0.337 e. The van der Waals surface area contributed by atoms with Crippen molar-refractivity contribution in [1.82, 2.24) is 4.90 Å². The zero-order valence-electron chi connectivity index (χ0n) is 10.3. The van der Waals surface area contributed by atoms with Crippen LogP contribution in [0.3, 0.4) is 0 Å². The van der Waals surface area contributed by atoms with Crippen LogP contribution >= 0.6 is 22.6 Å². The highest BCUT2D eigenvalue weighted by Gasteiger charge is 2.15. The summed E-state index contributed by atoms with van der Waals surface area (Å²) in [7, 11) is 0. The molecule has 0 bridgehead atoms. The van der Waals surface area contributed by atoms with Gasteiger partial charge in [0.15, 0.2) is 0 Å². The highest BCUT2D eigenvalue weighted by Crippen LogP contribution is 2.19. The molecule has 2 N–H and O–H groups in total. The van der Waals surface area contributed by atoms with Crippen molar-refractivity contribution in [1.29, 1.82) is 0 Å². The van der Waals surface area contributed by atoms with Crippen LogP contribution in [0.2, 0.25) is 0 Å². The van der Waals surface area contributed by atoms with Crippen LogP contribution in [0.1, 0.15) is 17.3 Å². The fraction of sp³-hybridized carbons (Fsp3) is 0.231. The summed E-state index contributed by atoms with van der Waals surface area (Å²) in [6.07, 6.45) is 5.17. The summed E-state index contributed by atoms with van der Waals surface area (Å²) < 4.78 is 0.781. The fourth-order valence-electron chi connectivity index (χ4n) is 1.43. The van der Waals surface area contributed by atoms with Crippen molar-refractivity contribution in [3.63, 3.8) is 0 Å². The Balaban J connectivity index is 2.96. The third kappa shape index (κ3) is 4.13. The van der Waals surface area contributed by atoms with E-state index in [-0.39, 0.29) is 17.8 Å². The number of amides is 2. The first-order valence-corrected chi connectivity index (χ1v) is 6.59. The number of carboxylic acids is 1. The van der Waals surface area contributed by atoms with E-state index >= 15 is 0 Å². The molecule has 6 heteroatoms. The molecule has 0 unspecified atom stereocenters. The van der Waals surface area contributed by atoms with E-state index in [0.717, 1.165) is 3.57 Å². The van der Waals surface area contributed by atoms with Crippen LogP contribution in [0.25, 0.3) is 0 Å². The Morgan fingerprint density at radius 1 is 1.53 bits per heavy atom. The van der Waals surface area contributed by atoms with E-state index in [1.165, 1.54) is 11.0 Å². The zero-order chi connectivity index (χ0) is 14.4. The lowest BCUT2D eigenvalue weighted by molar-refractivity contribution is 0.0698. The van der Waals surface area contributed by atoms with Gasteiger partial charge in [0.25, 0.3) is 0 Å². The maximum absolute atomic E-state index is 11.9. The summed E-state index contributed by atoms with van der Waals surface area (Å²) in [5.41, 5.74) is 0.311. The normalized spacial score (nSPS) is 9.53. The standard InChI is InChI=1S/C13H13IN2O3/c1-3-7-16(4-2)13(19)15-11-6-5-9(14)8-10(11)12(17)18/h1,5-6,8H,4,7H2,2H3,(H,15,19)(H,17,18). The minimum atomic E-state index is -1.09. The molecule has 1 aromatic rings. The Morgan fingerprint density at radius 2 is 2.21 bits per heavy atom. The van der Waals surface area contributed by atoms with Crippen LogP contribution in [0.4, 0.5) is 10.5 Å². The van der Waals surface area contributed by atoms with Crippen molar-refractivity contribution >= 4 is 40.3 Å². The van der Waals surface area contributed by atoms with E-state index in [2.05, 4.69) is 11.2 Å². The van der Waals surface area contributed by atoms with Crippen molar-refractivity contribution in [3.8, 4) is 12.3 Å². The van der Waals surface area contributed by atoms with Crippen LogP contribution < -0.4 is 5.32 Å². The third-order valence-electron chi connectivity index (χ3n) is 2.40. The molecule has 1 rings (SSSR count). The van der Waals surface area contributed by atoms with Gasteiger partial charge < -0.3 is 15.3 Å². The maximum atomic E-state index is 11.9. The Kier molecular flexibility index (Phi) is 5.63. The first-order chi connectivity index (χ1) is 8.99. The van der Waals surface area contributed by atoms with Crippen LogP contribution in [-0.2, 0) is 0 Å². The zero-order valence-corrected chi connectivity index (χ0v) is 12.5. The molecule has 0 aliphatic carbocycles. The van der Waals surface area contributed by atoms with E-state index < -0.39 is 12.0 Å². The SMILES string of the molecule is C#CCN(CC)C(=O)Nc1ccc(I)cc1C(=O)O. The molecule has 0 fully saturated rings. The molecule has 2 amide bonds. The number of nitrogens with zero attached hydrogens (tertiary/aromatic N) is 1. The van der Waals surface area contributed by atoms with Gasteiger partial charge in [-0.1, -0.05) is 5.92 Å². The van der Waals surface area contributed by atoms with Gasteiger partial charge in [-0.05, 0) is 47.7 Å². The topological polar surface area (TPSA) is 69.6 Å². The summed E-state index contributed by atoms with van der Waals surface area (Å²) in [5, 5.41) is 11.7. The lowest BCUT2D eigenvalue weighted by Gasteiger charge is -2.19. The number of urea groups is 1. The molecule has 0 saturated carbocycles. The quantitative estimate of drug-likeness (QED) is 0.630. The smallest absolute Gasteiger partial charge is 0.337 e. The molecule has 0 aliphatic rings. The summed E-state index contributed by atoms with van der Waals surface area (Å²) in [4.78, 5) is 24.4. The molecular formula is C13H13IN2O3. The minimum Gasteiger partial charge on any atom is -0.478 e. The molecule has 0 radical (unpaired) electrons. The van der Waals surface area contributed by atoms with Gasteiger partial charge in [0.1, 0.15) is 0 Å². The number of benzene rings is 1. The van der Waals surface area contributed by atoms with E-state index in [1.807, 2.05) is 22.6 Å². The minimum absolute atomic E-state index is 0.0528. The van der Waals surface area contributed by atoms with Crippen molar-refractivity contribution in [2.45, 2.75) is 6.92 Å². The van der Waals surface area contributed by atoms with Crippen molar-refractivity contribution in [3.05, 3.63) is 27.3 Å². The Labute approximate surface area is 125 Å². The number of terminal acetylenes is 1. The van der Waals surface area contributed by atoms with Crippen LogP contribution in [0.15, 0.2) is 18.2 Å². The van der Waals surface area contributed by atoms with Gasteiger partial charge in [0.05, 0.1) is 17.8 Å². The summed E-state index contributed by atoms with van der Waals surface area (Å²) >= 11 is 2.01. The molecule has 0 saturated heterocycles. The number of nitrogens with one attached hydrogen (secondary N) is 1. The number of anilines is 1. The number of rotatable bonds is 4. The average molecular weight is 372 g/mol. The molecule has 5 nitrogen and oxygen atoms in total. The van der Waals surface area contributed by atoms with E-state index in [1.54, 1.807) is 19.1 Å². The van der Waals surface area contributed by atoms with Crippen LogP contribution in [0.5, 0.6) is 0 Å². The second kappa shape index (κ2) is 6.99. The molecule has 0 aromatic heterocycles. The molecule has 1 aromatic carbocycles. The number of carboxylic acid groups (broad SMARTS) is 1. The first kappa shape index (κ1) is 15.3. The lowest BCUT2D eigenvalue weighted by atomic mass is 10.2. The monoisotopic (exact) mass is 372 g/mol. The van der Waals surface area contributed by atoms with E-state index in [0.29, 0.717) is 6.54 Å². The molecule has 0 heterocycles.